The molecule has 1 amide bonds. The molecule has 3 atom stereocenters. The molecule has 7 heteroatoms. The lowest BCUT2D eigenvalue weighted by Gasteiger charge is -2.20. The van der Waals surface area contributed by atoms with Crippen LogP contribution in [-0.4, -0.2) is 21.7 Å². The fourth-order valence-corrected chi connectivity index (χ4v) is 2.46. The fraction of sp³-hybridized carbons (Fsp3) is 0.444. The maximum Gasteiger partial charge on any atom is 0.224 e. The molecule has 0 radical (unpaired) electrons. The molecule has 0 bridgehead atoms. The Morgan fingerprint density at radius 3 is 2.12 bits per heavy atom. The number of aryl methyl sites for hydroxylation is 2. The first-order valence-corrected chi connectivity index (χ1v) is 7.99. The van der Waals surface area contributed by atoms with Crippen molar-refractivity contribution >= 4 is 30.7 Å². The lowest BCUT2D eigenvalue weighted by atomic mass is 10.0. The second-order valence-corrected chi connectivity index (χ2v) is 6.31. The summed E-state index contributed by atoms with van der Waals surface area (Å²) in [6, 6.07) is 9.92. The minimum Gasteiger partial charge on any atom is -0.349 e. The molecule has 0 aliphatic carbocycles. The zero-order valence-electron chi connectivity index (χ0n) is 15.3. The highest BCUT2D eigenvalue weighted by atomic mass is 35.5. The van der Waals surface area contributed by atoms with Crippen molar-refractivity contribution in [2.75, 3.05) is 0 Å². The molecule has 0 saturated carbocycles. The Hall–Kier alpha value is -1.56. The predicted molar refractivity (Wildman–Crippen MR) is 107 cm³/mol. The van der Waals surface area contributed by atoms with Crippen LogP contribution in [0.4, 0.5) is 0 Å². The summed E-state index contributed by atoms with van der Waals surface area (Å²) in [7, 11) is 0. The number of nitrogens with two attached hydrogens (primary N) is 1. The van der Waals surface area contributed by atoms with Crippen LogP contribution in [0.2, 0.25) is 0 Å². The molecule has 1 aromatic heterocycles. The van der Waals surface area contributed by atoms with Gasteiger partial charge in [0.05, 0.1) is 17.4 Å². The number of aromatic nitrogens is 2. The van der Waals surface area contributed by atoms with Crippen LogP contribution in [0.15, 0.2) is 30.3 Å². The molecule has 1 heterocycles. The Morgan fingerprint density at radius 1 is 1.12 bits per heavy atom. The average Bonchev–Trinajstić information content (AvgIpc) is 2.85. The number of rotatable bonds is 5. The number of halogens is 2. The van der Waals surface area contributed by atoms with Crippen molar-refractivity contribution in [3.8, 4) is 5.69 Å². The van der Waals surface area contributed by atoms with Gasteiger partial charge < -0.3 is 11.1 Å². The summed E-state index contributed by atoms with van der Waals surface area (Å²) in [4.78, 5) is 12.1. The third-order valence-electron chi connectivity index (χ3n) is 4.21. The Kier molecular flexibility index (Phi) is 9.19. The van der Waals surface area contributed by atoms with E-state index in [4.69, 9.17) is 5.73 Å². The number of amides is 1. The Balaban J connectivity index is 0.00000288. The van der Waals surface area contributed by atoms with Crippen LogP contribution < -0.4 is 11.1 Å². The third-order valence-corrected chi connectivity index (χ3v) is 4.21. The van der Waals surface area contributed by atoms with Crippen LogP contribution in [0.1, 0.15) is 43.8 Å². The minimum atomic E-state index is -0.202. The summed E-state index contributed by atoms with van der Waals surface area (Å²) >= 11 is 0. The number of benzene rings is 1. The van der Waals surface area contributed by atoms with Gasteiger partial charge in [-0.15, -0.1) is 24.8 Å². The van der Waals surface area contributed by atoms with E-state index in [2.05, 4.69) is 10.4 Å². The largest absolute Gasteiger partial charge is 0.349 e. The quantitative estimate of drug-likeness (QED) is 0.825. The summed E-state index contributed by atoms with van der Waals surface area (Å²) in [6.07, 6.45) is 0. The van der Waals surface area contributed by atoms with Gasteiger partial charge in [0.25, 0.3) is 0 Å². The molecule has 0 aliphatic heterocycles. The smallest absolute Gasteiger partial charge is 0.224 e. The first-order valence-electron chi connectivity index (χ1n) is 7.99. The lowest BCUT2D eigenvalue weighted by molar-refractivity contribution is -0.125. The zero-order valence-corrected chi connectivity index (χ0v) is 16.9. The molecular weight excluding hydrogens is 359 g/mol. The van der Waals surface area contributed by atoms with Gasteiger partial charge in [-0.25, -0.2) is 4.68 Å². The van der Waals surface area contributed by atoms with Crippen LogP contribution >= 0.6 is 24.8 Å². The van der Waals surface area contributed by atoms with E-state index in [1.54, 1.807) is 0 Å². The average molecular weight is 387 g/mol. The first kappa shape index (κ1) is 23.4. The van der Waals surface area contributed by atoms with E-state index in [9.17, 15) is 4.79 Å². The standard InChI is InChI=1S/C18H26N4O.2ClH/c1-11-10-12(2)22(21-11)17-8-6-16(7-9-17)15(5)20-18(23)13(3)14(4)19;;/h6-10,13-15H,19H2,1-5H3,(H,20,23);2*1H. The van der Waals surface area contributed by atoms with Crippen molar-refractivity contribution < 1.29 is 4.79 Å². The molecule has 2 rings (SSSR count). The molecule has 1 aromatic carbocycles. The SMILES string of the molecule is Cc1cc(C)n(-c2ccc(C(C)NC(=O)C(C)C(C)N)cc2)n1.Cl.Cl. The van der Waals surface area contributed by atoms with Gasteiger partial charge in [-0.3, -0.25) is 4.79 Å². The number of nitrogens with one attached hydrogen (secondary N) is 1. The van der Waals surface area contributed by atoms with Gasteiger partial charge in [-0.2, -0.15) is 5.10 Å². The number of carbonyl (C=O) groups excluding carboxylic acids is 1. The summed E-state index contributed by atoms with van der Waals surface area (Å²) in [5.41, 5.74) is 9.95. The van der Waals surface area contributed by atoms with Gasteiger partial charge in [0.1, 0.15) is 0 Å². The molecule has 3 unspecified atom stereocenters. The molecule has 25 heavy (non-hydrogen) atoms. The lowest BCUT2D eigenvalue weighted by Crippen LogP contribution is -2.39. The second kappa shape index (κ2) is 9.80. The summed E-state index contributed by atoms with van der Waals surface area (Å²) in [6.45, 7) is 9.68. The van der Waals surface area contributed by atoms with Crippen molar-refractivity contribution in [3.05, 3.63) is 47.3 Å². The highest BCUT2D eigenvalue weighted by molar-refractivity contribution is 5.85. The summed E-state index contributed by atoms with van der Waals surface area (Å²) < 4.78 is 1.92. The van der Waals surface area contributed by atoms with E-state index in [0.29, 0.717) is 0 Å². The molecule has 3 N–H and O–H groups in total. The van der Waals surface area contributed by atoms with Crippen LogP contribution in [-0.2, 0) is 4.79 Å². The maximum absolute atomic E-state index is 12.1. The van der Waals surface area contributed by atoms with E-state index in [1.807, 2.05) is 69.6 Å². The van der Waals surface area contributed by atoms with Crippen LogP contribution in [0.25, 0.3) is 5.69 Å². The van der Waals surface area contributed by atoms with E-state index in [0.717, 1.165) is 22.6 Å². The van der Waals surface area contributed by atoms with Crippen LogP contribution in [0, 0.1) is 19.8 Å². The van der Waals surface area contributed by atoms with Gasteiger partial charge in [0, 0.05) is 17.7 Å². The van der Waals surface area contributed by atoms with Crippen molar-refractivity contribution in [2.45, 2.75) is 46.7 Å². The number of hydrogen-bond acceptors (Lipinski definition) is 3. The van der Waals surface area contributed by atoms with Crippen molar-refractivity contribution in [1.82, 2.24) is 15.1 Å². The molecule has 0 spiro atoms. The number of hydrogen-bond donors (Lipinski definition) is 2. The number of nitrogens with zero attached hydrogens (tertiary/aromatic N) is 2. The zero-order chi connectivity index (χ0) is 17.1. The van der Waals surface area contributed by atoms with Gasteiger partial charge in [0.2, 0.25) is 5.91 Å². The second-order valence-electron chi connectivity index (χ2n) is 6.31. The summed E-state index contributed by atoms with van der Waals surface area (Å²) in [5, 5.41) is 7.49. The summed E-state index contributed by atoms with van der Waals surface area (Å²) in [5.74, 6) is -0.221. The molecule has 0 aliphatic rings. The normalized spacial score (nSPS) is 13.8. The van der Waals surface area contributed by atoms with E-state index in [-0.39, 0.29) is 48.7 Å². The molecule has 140 valence electrons. The van der Waals surface area contributed by atoms with Crippen LogP contribution in [0.3, 0.4) is 0 Å². The maximum atomic E-state index is 12.1. The monoisotopic (exact) mass is 386 g/mol. The number of carbonyl (C=O) groups is 1. The Labute approximate surface area is 162 Å². The van der Waals surface area contributed by atoms with Gasteiger partial charge in [-0.1, -0.05) is 19.1 Å². The highest BCUT2D eigenvalue weighted by Crippen LogP contribution is 2.18. The fourth-order valence-electron chi connectivity index (χ4n) is 2.46. The van der Waals surface area contributed by atoms with Gasteiger partial charge >= 0.3 is 0 Å². The van der Waals surface area contributed by atoms with Crippen molar-refractivity contribution in [1.29, 1.82) is 0 Å². The minimum absolute atomic E-state index is 0. The first-order chi connectivity index (χ1) is 10.8. The predicted octanol–water partition coefficient (Wildman–Crippen LogP) is 3.49. The van der Waals surface area contributed by atoms with E-state index >= 15 is 0 Å². The molecule has 0 fully saturated rings. The van der Waals surface area contributed by atoms with E-state index in [1.165, 1.54) is 0 Å². The van der Waals surface area contributed by atoms with Crippen molar-refractivity contribution in [3.63, 3.8) is 0 Å². The Morgan fingerprint density at radius 2 is 1.68 bits per heavy atom. The van der Waals surface area contributed by atoms with Gasteiger partial charge in [-0.05, 0) is 51.5 Å². The van der Waals surface area contributed by atoms with Crippen molar-refractivity contribution in [2.24, 2.45) is 11.7 Å². The molecule has 5 nitrogen and oxygen atoms in total. The Bertz CT molecular complexity index is 683. The van der Waals surface area contributed by atoms with Gasteiger partial charge in [0.15, 0.2) is 0 Å². The topological polar surface area (TPSA) is 72.9 Å². The van der Waals surface area contributed by atoms with E-state index < -0.39 is 0 Å². The highest BCUT2D eigenvalue weighted by Gasteiger charge is 2.19. The third kappa shape index (κ3) is 5.73. The molecular formula is C18H28Cl2N4O. The molecule has 0 saturated heterocycles. The van der Waals surface area contributed by atoms with Crippen LogP contribution in [0.5, 0.6) is 0 Å². The molecule has 2 aromatic rings.